The summed E-state index contributed by atoms with van der Waals surface area (Å²) in [5.74, 6) is -1.13. The summed E-state index contributed by atoms with van der Waals surface area (Å²) in [6, 6.07) is 32.3. The second kappa shape index (κ2) is 14.7. The van der Waals surface area contributed by atoms with Crippen LogP contribution >= 0.6 is 34.7 Å². The summed E-state index contributed by atoms with van der Waals surface area (Å²) in [5.41, 5.74) is 3.23. The SMILES string of the molecule is Cc1csc(NC(=O)C(Sc2ccc(NC(=O)/C(=C/c3ccccc3Cl)NC(=O)c3ccccc3)cc2)c2ccccc2)n1. The summed E-state index contributed by atoms with van der Waals surface area (Å²) < 4.78 is 0. The van der Waals surface area contributed by atoms with Crippen molar-refractivity contribution >= 4 is 69.3 Å². The standard InChI is InChI=1S/C34H27ClN4O3S2/c1-22-21-43-34(36-22)39-33(42)30(23-10-4-2-5-11-23)44-27-18-16-26(17-19-27)37-32(41)29(20-25-14-8-9-15-28(25)35)38-31(40)24-12-6-3-7-13-24/h2-21,30H,1H3,(H,37,41)(H,38,40)(H,36,39,42)/b29-20-. The van der Waals surface area contributed by atoms with Gasteiger partial charge in [0.2, 0.25) is 5.91 Å². The fourth-order valence-electron chi connectivity index (χ4n) is 4.12. The van der Waals surface area contributed by atoms with Crippen molar-refractivity contribution in [2.75, 3.05) is 10.6 Å². The molecule has 0 radical (unpaired) electrons. The minimum absolute atomic E-state index is 0.0311. The van der Waals surface area contributed by atoms with Crippen molar-refractivity contribution < 1.29 is 14.4 Å². The summed E-state index contributed by atoms with van der Waals surface area (Å²) in [6.07, 6.45) is 1.54. The highest BCUT2D eigenvalue weighted by Gasteiger charge is 2.23. The zero-order valence-electron chi connectivity index (χ0n) is 23.5. The molecule has 5 rings (SSSR count). The largest absolute Gasteiger partial charge is 0.321 e. The third kappa shape index (κ3) is 8.23. The normalized spacial score (nSPS) is 11.8. The van der Waals surface area contributed by atoms with Gasteiger partial charge in [-0.25, -0.2) is 4.98 Å². The minimum Gasteiger partial charge on any atom is -0.321 e. The number of nitrogens with zero attached hydrogens (tertiary/aromatic N) is 1. The van der Waals surface area contributed by atoms with E-state index in [1.807, 2.05) is 60.8 Å². The van der Waals surface area contributed by atoms with Gasteiger partial charge in [-0.3, -0.25) is 14.4 Å². The van der Waals surface area contributed by atoms with Gasteiger partial charge in [-0.05, 0) is 66.6 Å². The van der Waals surface area contributed by atoms with E-state index in [1.165, 1.54) is 29.2 Å². The van der Waals surface area contributed by atoms with Crippen LogP contribution in [0.1, 0.15) is 32.4 Å². The molecule has 0 saturated carbocycles. The Morgan fingerprint density at radius 3 is 2.16 bits per heavy atom. The van der Waals surface area contributed by atoms with Gasteiger partial charge in [0, 0.05) is 26.5 Å². The Kier molecular flexibility index (Phi) is 10.2. The molecule has 220 valence electrons. The molecule has 44 heavy (non-hydrogen) atoms. The van der Waals surface area contributed by atoms with Crippen LogP contribution in [0.15, 0.2) is 125 Å². The summed E-state index contributed by atoms with van der Waals surface area (Å²) in [5, 5.41) is 10.8. The number of thiazole rings is 1. The number of nitrogens with one attached hydrogen (secondary N) is 3. The van der Waals surface area contributed by atoms with Crippen molar-refractivity contribution in [3.05, 3.63) is 148 Å². The Morgan fingerprint density at radius 2 is 1.50 bits per heavy atom. The van der Waals surface area contributed by atoms with Gasteiger partial charge in [-0.2, -0.15) is 0 Å². The Labute approximate surface area is 268 Å². The molecular weight excluding hydrogens is 612 g/mol. The molecule has 1 aromatic heterocycles. The zero-order chi connectivity index (χ0) is 30.9. The Balaban J connectivity index is 1.33. The first-order chi connectivity index (χ1) is 21.4. The predicted molar refractivity (Wildman–Crippen MR) is 179 cm³/mol. The molecule has 0 aliphatic carbocycles. The Hall–Kier alpha value is -4.70. The quantitative estimate of drug-likeness (QED) is 0.106. The molecule has 0 spiro atoms. The molecule has 4 aromatic carbocycles. The molecular formula is C34H27ClN4O3S2. The van der Waals surface area contributed by atoms with E-state index in [1.54, 1.807) is 60.7 Å². The van der Waals surface area contributed by atoms with Crippen LogP contribution in [0.2, 0.25) is 5.02 Å². The van der Waals surface area contributed by atoms with Gasteiger partial charge in [-0.15, -0.1) is 23.1 Å². The number of hydrogen-bond acceptors (Lipinski definition) is 6. The molecule has 3 N–H and O–H groups in total. The van der Waals surface area contributed by atoms with Crippen LogP contribution in [0.3, 0.4) is 0 Å². The second-order valence-corrected chi connectivity index (χ2v) is 12.0. The molecule has 3 amide bonds. The fourth-order valence-corrected chi connectivity index (χ4v) is 6.03. The number of anilines is 2. The van der Waals surface area contributed by atoms with Crippen LogP contribution in [0.4, 0.5) is 10.8 Å². The molecule has 1 unspecified atom stereocenters. The maximum absolute atomic E-state index is 13.4. The van der Waals surface area contributed by atoms with E-state index in [2.05, 4.69) is 20.9 Å². The van der Waals surface area contributed by atoms with E-state index in [4.69, 9.17) is 11.6 Å². The zero-order valence-corrected chi connectivity index (χ0v) is 25.9. The molecule has 0 saturated heterocycles. The summed E-state index contributed by atoms with van der Waals surface area (Å²) in [7, 11) is 0. The van der Waals surface area contributed by atoms with Crippen molar-refractivity contribution in [1.82, 2.24) is 10.3 Å². The van der Waals surface area contributed by atoms with Crippen molar-refractivity contribution in [2.24, 2.45) is 0 Å². The van der Waals surface area contributed by atoms with Gasteiger partial charge in [0.25, 0.3) is 11.8 Å². The average molecular weight is 639 g/mol. The molecule has 0 fully saturated rings. The van der Waals surface area contributed by atoms with Crippen molar-refractivity contribution in [3.8, 4) is 0 Å². The van der Waals surface area contributed by atoms with E-state index in [9.17, 15) is 14.4 Å². The van der Waals surface area contributed by atoms with Crippen LogP contribution in [-0.4, -0.2) is 22.7 Å². The first-order valence-electron chi connectivity index (χ1n) is 13.5. The van der Waals surface area contributed by atoms with E-state index in [0.29, 0.717) is 27.0 Å². The smallest absolute Gasteiger partial charge is 0.272 e. The highest BCUT2D eigenvalue weighted by atomic mass is 35.5. The van der Waals surface area contributed by atoms with Crippen LogP contribution in [0, 0.1) is 6.92 Å². The summed E-state index contributed by atoms with van der Waals surface area (Å²) in [4.78, 5) is 44.8. The number of carbonyl (C=O) groups excluding carboxylic acids is 3. The number of halogens is 1. The highest BCUT2D eigenvalue weighted by molar-refractivity contribution is 8.00. The van der Waals surface area contributed by atoms with Crippen LogP contribution in [0.25, 0.3) is 6.08 Å². The van der Waals surface area contributed by atoms with Gasteiger partial charge >= 0.3 is 0 Å². The summed E-state index contributed by atoms with van der Waals surface area (Å²) in [6.45, 7) is 1.88. The third-order valence-electron chi connectivity index (χ3n) is 6.29. The monoisotopic (exact) mass is 638 g/mol. The lowest BCUT2D eigenvalue weighted by Gasteiger charge is -2.17. The van der Waals surface area contributed by atoms with Crippen molar-refractivity contribution in [3.63, 3.8) is 0 Å². The van der Waals surface area contributed by atoms with Gasteiger partial charge in [0.05, 0.1) is 5.69 Å². The molecule has 10 heteroatoms. The molecule has 1 heterocycles. The third-order valence-corrected chi connectivity index (χ3v) is 8.78. The number of aryl methyl sites for hydroxylation is 1. The number of aromatic nitrogens is 1. The number of rotatable bonds is 10. The van der Waals surface area contributed by atoms with E-state index in [-0.39, 0.29) is 11.6 Å². The van der Waals surface area contributed by atoms with Crippen LogP contribution < -0.4 is 16.0 Å². The lowest BCUT2D eigenvalue weighted by atomic mass is 10.1. The number of carbonyl (C=O) groups is 3. The van der Waals surface area contributed by atoms with E-state index >= 15 is 0 Å². The average Bonchev–Trinajstić information content (AvgIpc) is 3.46. The second-order valence-electron chi connectivity index (χ2n) is 9.57. The molecule has 1 atom stereocenters. The Morgan fingerprint density at radius 1 is 0.841 bits per heavy atom. The maximum Gasteiger partial charge on any atom is 0.272 e. The first-order valence-corrected chi connectivity index (χ1v) is 15.7. The lowest BCUT2D eigenvalue weighted by Crippen LogP contribution is -2.30. The van der Waals surface area contributed by atoms with Crippen LogP contribution in [-0.2, 0) is 9.59 Å². The van der Waals surface area contributed by atoms with Crippen molar-refractivity contribution in [2.45, 2.75) is 17.1 Å². The Bertz CT molecular complexity index is 1790. The fraction of sp³-hybridized carbons (Fsp3) is 0.0588. The van der Waals surface area contributed by atoms with E-state index in [0.717, 1.165) is 16.2 Å². The lowest BCUT2D eigenvalue weighted by molar-refractivity contribution is -0.116. The number of hydrogen-bond donors (Lipinski definition) is 3. The molecule has 0 aliphatic rings. The molecule has 5 aromatic rings. The predicted octanol–water partition coefficient (Wildman–Crippen LogP) is 7.99. The van der Waals surface area contributed by atoms with Crippen LogP contribution in [0.5, 0.6) is 0 Å². The van der Waals surface area contributed by atoms with Gasteiger partial charge in [0.1, 0.15) is 10.9 Å². The van der Waals surface area contributed by atoms with Gasteiger partial charge < -0.3 is 16.0 Å². The number of amides is 3. The molecule has 7 nitrogen and oxygen atoms in total. The van der Waals surface area contributed by atoms with Gasteiger partial charge in [0.15, 0.2) is 5.13 Å². The topological polar surface area (TPSA) is 100 Å². The van der Waals surface area contributed by atoms with E-state index < -0.39 is 17.1 Å². The number of thioether (sulfide) groups is 1. The first kappa shape index (κ1) is 30.7. The molecule has 0 bridgehead atoms. The summed E-state index contributed by atoms with van der Waals surface area (Å²) >= 11 is 9.10. The maximum atomic E-state index is 13.4. The molecule has 0 aliphatic heterocycles. The van der Waals surface area contributed by atoms with Crippen molar-refractivity contribution in [1.29, 1.82) is 0 Å². The highest BCUT2D eigenvalue weighted by Crippen LogP contribution is 2.37. The minimum atomic E-state index is -0.529. The van der Waals surface area contributed by atoms with Gasteiger partial charge in [-0.1, -0.05) is 78.3 Å². The number of benzene rings is 4.